The van der Waals surface area contributed by atoms with Gasteiger partial charge in [0.25, 0.3) is 0 Å². The van der Waals surface area contributed by atoms with Gasteiger partial charge in [0.05, 0.1) is 19.8 Å². The fourth-order valence-corrected chi connectivity index (χ4v) is 3.37. The Morgan fingerprint density at radius 1 is 1.24 bits per heavy atom. The zero-order valence-electron chi connectivity index (χ0n) is 12.3. The fraction of sp³-hybridized carbons (Fsp3) is 0.412. The summed E-state index contributed by atoms with van der Waals surface area (Å²) < 4.78 is 11.1. The first-order valence-electron chi connectivity index (χ1n) is 7.31. The van der Waals surface area contributed by atoms with Crippen LogP contribution in [-0.4, -0.2) is 37.8 Å². The molecule has 0 aliphatic carbocycles. The quantitative estimate of drug-likeness (QED) is 0.846. The molecule has 1 aliphatic heterocycles. The SMILES string of the molecule is COc1ccc(CC2CN(Cc3ccsc3)CCO2)cc1. The Kier molecular flexibility index (Phi) is 4.91. The first kappa shape index (κ1) is 14.6. The molecule has 0 amide bonds. The molecule has 0 radical (unpaired) electrons. The van der Waals surface area contributed by atoms with E-state index in [1.165, 1.54) is 11.1 Å². The first-order chi connectivity index (χ1) is 10.3. The van der Waals surface area contributed by atoms with E-state index in [1.54, 1.807) is 18.4 Å². The minimum atomic E-state index is 0.283. The summed E-state index contributed by atoms with van der Waals surface area (Å²) in [5.41, 5.74) is 2.71. The van der Waals surface area contributed by atoms with E-state index < -0.39 is 0 Å². The highest BCUT2D eigenvalue weighted by Gasteiger charge is 2.20. The molecule has 2 aromatic rings. The van der Waals surface area contributed by atoms with E-state index in [-0.39, 0.29) is 6.10 Å². The molecular weight excluding hydrogens is 282 g/mol. The van der Waals surface area contributed by atoms with Gasteiger partial charge >= 0.3 is 0 Å². The van der Waals surface area contributed by atoms with Crippen molar-refractivity contribution in [3.63, 3.8) is 0 Å². The molecule has 3 nitrogen and oxygen atoms in total. The van der Waals surface area contributed by atoms with Crippen molar-refractivity contribution in [2.45, 2.75) is 19.1 Å². The van der Waals surface area contributed by atoms with Crippen LogP contribution in [-0.2, 0) is 17.7 Å². The second kappa shape index (κ2) is 7.07. The average Bonchev–Trinajstić information content (AvgIpc) is 3.01. The van der Waals surface area contributed by atoms with Crippen molar-refractivity contribution in [1.82, 2.24) is 4.90 Å². The number of thiophene rings is 1. The highest BCUT2D eigenvalue weighted by atomic mass is 32.1. The van der Waals surface area contributed by atoms with Crippen LogP contribution >= 0.6 is 11.3 Å². The molecule has 0 saturated carbocycles. The van der Waals surface area contributed by atoms with Crippen LogP contribution in [0.25, 0.3) is 0 Å². The molecule has 0 spiro atoms. The molecule has 3 rings (SSSR count). The Morgan fingerprint density at radius 3 is 2.81 bits per heavy atom. The normalized spacial score (nSPS) is 19.6. The largest absolute Gasteiger partial charge is 0.497 e. The van der Waals surface area contributed by atoms with E-state index >= 15 is 0 Å². The Bertz CT molecular complexity index is 538. The summed E-state index contributed by atoms with van der Waals surface area (Å²) in [5.74, 6) is 0.905. The van der Waals surface area contributed by atoms with Gasteiger partial charge in [0, 0.05) is 19.6 Å². The van der Waals surface area contributed by atoms with Crippen molar-refractivity contribution in [3.8, 4) is 5.75 Å². The second-order valence-electron chi connectivity index (χ2n) is 5.41. The molecule has 1 atom stereocenters. The summed E-state index contributed by atoms with van der Waals surface area (Å²) in [4.78, 5) is 2.49. The van der Waals surface area contributed by atoms with Crippen LogP contribution in [0.15, 0.2) is 41.1 Å². The zero-order chi connectivity index (χ0) is 14.5. The van der Waals surface area contributed by atoms with Crippen LogP contribution in [0, 0.1) is 0 Å². The lowest BCUT2D eigenvalue weighted by Crippen LogP contribution is -2.42. The molecule has 1 saturated heterocycles. The Hall–Kier alpha value is -1.36. The molecule has 1 aliphatic rings. The summed E-state index contributed by atoms with van der Waals surface area (Å²) in [7, 11) is 1.70. The lowest BCUT2D eigenvalue weighted by Gasteiger charge is -2.32. The van der Waals surface area contributed by atoms with E-state index in [0.29, 0.717) is 0 Å². The predicted octanol–water partition coefficient (Wildman–Crippen LogP) is 3.20. The van der Waals surface area contributed by atoms with Gasteiger partial charge in [-0.2, -0.15) is 11.3 Å². The zero-order valence-corrected chi connectivity index (χ0v) is 13.1. The Morgan fingerprint density at radius 2 is 2.10 bits per heavy atom. The number of morpholine rings is 1. The summed E-state index contributed by atoms with van der Waals surface area (Å²) in [5, 5.41) is 4.37. The fourth-order valence-electron chi connectivity index (χ4n) is 2.71. The Labute approximate surface area is 130 Å². The smallest absolute Gasteiger partial charge is 0.118 e. The highest BCUT2D eigenvalue weighted by molar-refractivity contribution is 7.07. The maximum Gasteiger partial charge on any atom is 0.118 e. The van der Waals surface area contributed by atoms with Crippen LogP contribution in [0.1, 0.15) is 11.1 Å². The molecule has 0 N–H and O–H groups in total. The van der Waals surface area contributed by atoms with Crippen LogP contribution in [0.4, 0.5) is 0 Å². The molecule has 1 aromatic carbocycles. The van der Waals surface area contributed by atoms with E-state index in [4.69, 9.17) is 9.47 Å². The van der Waals surface area contributed by atoms with Gasteiger partial charge in [-0.3, -0.25) is 4.90 Å². The van der Waals surface area contributed by atoms with Crippen LogP contribution in [0.2, 0.25) is 0 Å². The molecule has 1 fully saturated rings. The minimum absolute atomic E-state index is 0.283. The second-order valence-corrected chi connectivity index (χ2v) is 6.19. The van der Waals surface area contributed by atoms with Gasteiger partial charge in [0.1, 0.15) is 5.75 Å². The van der Waals surface area contributed by atoms with E-state index in [1.807, 2.05) is 12.1 Å². The summed E-state index contributed by atoms with van der Waals surface area (Å²) in [6, 6.07) is 10.5. The van der Waals surface area contributed by atoms with Gasteiger partial charge in [0.2, 0.25) is 0 Å². The van der Waals surface area contributed by atoms with Crippen molar-refractivity contribution >= 4 is 11.3 Å². The molecule has 2 heterocycles. The molecular formula is C17H21NO2S. The number of benzene rings is 1. The predicted molar refractivity (Wildman–Crippen MR) is 86.0 cm³/mol. The third-order valence-corrected chi connectivity index (χ3v) is 4.56. The van der Waals surface area contributed by atoms with Crippen molar-refractivity contribution in [2.24, 2.45) is 0 Å². The number of hydrogen-bond donors (Lipinski definition) is 0. The van der Waals surface area contributed by atoms with Gasteiger partial charge in [-0.05, 0) is 46.5 Å². The van der Waals surface area contributed by atoms with Gasteiger partial charge in [-0.1, -0.05) is 12.1 Å². The van der Waals surface area contributed by atoms with Gasteiger partial charge in [-0.15, -0.1) is 0 Å². The van der Waals surface area contributed by atoms with Crippen molar-refractivity contribution in [1.29, 1.82) is 0 Å². The van der Waals surface area contributed by atoms with Gasteiger partial charge in [0.15, 0.2) is 0 Å². The first-order valence-corrected chi connectivity index (χ1v) is 8.26. The minimum Gasteiger partial charge on any atom is -0.497 e. The third-order valence-electron chi connectivity index (χ3n) is 3.83. The molecule has 1 aromatic heterocycles. The maximum absolute atomic E-state index is 5.92. The van der Waals surface area contributed by atoms with Crippen molar-refractivity contribution in [3.05, 3.63) is 52.2 Å². The van der Waals surface area contributed by atoms with Crippen molar-refractivity contribution in [2.75, 3.05) is 26.8 Å². The lowest BCUT2D eigenvalue weighted by molar-refractivity contribution is -0.0304. The van der Waals surface area contributed by atoms with Crippen LogP contribution in [0.3, 0.4) is 0 Å². The monoisotopic (exact) mass is 303 g/mol. The number of nitrogens with zero attached hydrogens (tertiary/aromatic N) is 1. The Balaban J connectivity index is 1.55. The highest BCUT2D eigenvalue weighted by Crippen LogP contribution is 2.17. The number of rotatable bonds is 5. The summed E-state index contributed by atoms with van der Waals surface area (Å²) in [6.07, 6.45) is 1.25. The van der Waals surface area contributed by atoms with Crippen LogP contribution in [0.5, 0.6) is 5.75 Å². The van der Waals surface area contributed by atoms with E-state index in [9.17, 15) is 0 Å². The number of hydrogen-bond acceptors (Lipinski definition) is 4. The van der Waals surface area contributed by atoms with Gasteiger partial charge < -0.3 is 9.47 Å². The van der Waals surface area contributed by atoms with Gasteiger partial charge in [-0.25, -0.2) is 0 Å². The number of ether oxygens (including phenoxy) is 2. The van der Waals surface area contributed by atoms with E-state index in [2.05, 4.69) is 33.9 Å². The average molecular weight is 303 g/mol. The summed E-state index contributed by atoms with van der Waals surface area (Å²) in [6.45, 7) is 3.88. The molecule has 0 bridgehead atoms. The third kappa shape index (κ3) is 4.06. The topological polar surface area (TPSA) is 21.7 Å². The molecule has 112 valence electrons. The van der Waals surface area contributed by atoms with Crippen LogP contribution < -0.4 is 4.74 Å². The summed E-state index contributed by atoms with van der Waals surface area (Å²) >= 11 is 1.77. The number of methoxy groups -OCH3 is 1. The maximum atomic E-state index is 5.92. The van der Waals surface area contributed by atoms with E-state index in [0.717, 1.165) is 38.4 Å². The van der Waals surface area contributed by atoms with Crippen molar-refractivity contribution < 1.29 is 9.47 Å². The molecule has 1 unspecified atom stereocenters. The molecule has 21 heavy (non-hydrogen) atoms. The lowest BCUT2D eigenvalue weighted by atomic mass is 10.1. The molecule has 4 heteroatoms. The standard InChI is InChI=1S/C17H21NO2S/c1-19-16-4-2-14(3-5-16)10-17-12-18(7-8-20-17)11-15-6-9-21-13-15/h2-6,9,13,17H,7-8,10-12H2,1H3.